The van der Waals surface area contributed by atoms with Crippen molar-refractivity contribution in [3.05, 3.63) is 48.0 Å². The standard InChI is InChI=1S/C22H24FN3O6/c1-15(27)29-11-9-25-7-4-16(5-8-25)19-3-2-17(12-20(19)23)26-13-18(32-22(26)28)14-30-21-6-10-31-24-21/h2-4,6,10,12,18H,5,7-9,11,13-14H2,1H3. The summed E-state index contributed by atoms with van der Waals surface area (Å²) in [5, 5.41) is 3.64. The molecule has 0 radical (unpaired) electrons. The van der Waals surface area contributed by atoms with E-state index in [1.165, 1.54) is 24.2 Å². The van der Waals surface area contributed by atoms with E-state index >= 15 is 0 Å². The van der Waals surface area contributed by atoms with Crippen molar-refractivity contribution in [1.29, 1.82) is 0 Å². The number of aromatic nitrogens is 1. The minimum absolute atomic E-state index is 0.121. The monoisotopic (exact) mass is 445 g/mol. The van der Waals surface area contributed by atoms with Crippen LogP contribution in [0.5, 0.6) is 5.88 Å². The van der Waals surface area contributed by atoms with Gasteiger partial charge in [-0.25, -0.2) is 9.18 Å². The third-order valence-electron chi connectivity index (χ3n) is 5.32. The highest BCUT2D eigenvalue weighted by Gasteiger charge is 2.33. The van der Waals surface area contributed by atoms with Gasteiger partial charge in [-0.3, -0.25) is 14.6 Å². The number of rotatable bonds is 8. The molecule has 2 aliphatic heterocycles. The highest BCUT2D eigenvalue weighted by Crippen LogP contribution is 2.29. The van der Waals surface area contributed by atoms with Crippen LogP contribution in [0.2, 0.25) is 0 Å². The second kappa shape index (κ2) is 9.82. The van der Waals surface area contributed by atoms with Crippen LogP contribution >= 0.6 is 0 Å². The second-order valence-electron chi connectivity index (χ2n) is 7.55. The average Bonchev–Trinajstić information content (AvgIpc) is 3.42. The number of anilines is 1. The lowest BCUT2D eigenvalue weighted by atomic mass is 9.98. The van der Waals surface area contributed by atoms with Gasteiger partial charge in [-0.1, -0.05) is 6.08 Å². The van der Waals surface area contributed by atoms with Crippen LogP contribution in [-0.4, -0.2) is 67.6 Å². The summed E-state index contributed by atoms with van der Waals surface area (Å²) < 4.78 is 35.3. The molecule has 1 aromatic heterocycles. The van der Waals surface area contributed by atoms with Crippen LogP contribution in [0.1, 0.15) is 18.9 Å². The van der Waals surface area contributed by atoms with Gasteiger partial charge in [-0.05, 0) is 35.3 Å². The van der Waals surface area contributed by atoms with Crippen molar-refractivity contribution in [2.24, 2.45) is 0 Å². The number of carbonyl (C=O) groups excluding carboxylic acids is 2. The Morgan fingerprint density at radius 1 is 1.34 bits per heavy atom. The van der Waals surface area contributed by atoms with Gasteiger partial charge in [0.05, 0.1) is 12.2 Å². The van der Waals surface area contributed by atoms with Crippen LogP contribution in [0.25, 0.3) is 5.57 Å². The molecule has 0 aliphatic carbocycles. The number of cyclic esters (lactones) is 1. The van der Waals surface area contributed by atoms with Crippen LogP contribution in [0.15, 0.2) is 41.1 Å². The van der Waals surface area contributed by atoms with E-state index in [-0.39, 0.29) is 19.1 Å². The van der Waals surface area contributed by atoms with Gasteiger partial charge >= 0.3 is 12.1 Å². The van der Waals surface area contributed by atoms with E-state index < -0.39 is 18.0 Å². The molecule has 1 amide bonds. The zero-order valence-electron chi connectivity index (χ0n) is 17.7. The van der Waals surface area contributed by atoms with Crippen molar-refractivity contribution >= 4 is 23.3 Å². The SMILES string of the molecule is CC(=O)OCCN1CC=C(c2ccc(N3CC(COc4ccon4)OC3=O)cc2F)CC1. The second-order valence-corrected chi connectivity index (χ2v) is 7.55. The highest BCUT2D eigenvalue weighted by molar-refractivity contribution is 5.90. The van der Waals surface area contributed by atoms with Crippen molar-refractivity contribution in [2.45, 2.75) is 19.4 Å². The average molecular weight is 445 g/mol. The number of ether oxygens (including phenoxy) is 3. The quantitative estimate of drug-likeness (QED) is 0.573. The first-order chi connectivity index (χ1) is 15.5. The molecule has 0 N–H and O–H groups in total. The summed E-state index contributed by atoms with van der Waals surface area (Å²) in [4.78, 5) is 26.6. The van der Waals surface area contributed by atoms with Crippen LogP contribution < -0.4 is 9.64 Å². The van der Waals surface area contributed by atoms with E-state index in [2.05, 4.69) is 14.6 Å². The number of nitrogens with zero attached hydrogens (tertiary/aromatic N) is 3. The number of esters is 1. The van der Waals surface area contributed by atoms with E-state index in [0.717, 1.165) is 12.1 Å². The van der Waals surface area contributed by atoms with Crippen LogP contribution in [0.3, 0.4) is 0 Å². The Bertz CT molecular complexity index is 994. The molecule has 1 fully saturated rings. The van der Waals surface area contributed by atoms with Crippen molar-refractivity contribution in [1.82, 2.24) is 10.1 Å². The lowest BCUT2D eigenvalue weighted by Crippen LogP contribution is -2.32. The maximum atomic E-state index is 14.9. The summed E-state index contributed by atoms with van der Waals surface area (Å²) in [6.07, 6.45) is 3.00. The number of amides is 1. The van der Waals surface area contributed by atoms with E-state index in [0.29, 0.717) is 43.2 Å². The third kappa shape index (κ3) is 5.25. The number of benzene rings is 1. The Kier molecular flexibility index (Phi) is 6.69. The van der Waals surface area contributed by atoms with Gasteiger partial charge in [0.15, 0.2) is 6.10 Å². The Balaban J connectivity index is 1.34. The van der Waals surface area contributed by atoms with Gasteiger partial charge in [0.2, 0.25) is 0 Å². The summed E-state index contributed by atoms with van der Waals surface area (Å²) in [5.74, 6) is -0.381. The highest BCUT2D eigenvalue weighted by atomic mass is 19.1. The Morgan fingerprint density at radius 2 is 2.22 bits per heavy atom. The lowest BCUT2D eigenvalue weighted by molar-refractivity contribution is -0.141. The van der Waals surface area contributed by atoms with Crippen molar-refractivity contribution < 1.29 is 32.7 Å². The van der Waals surface area contributed by atoms with Crippen molar-refractivity contribution in [2.75, 3.05) is 44.3 Å². The lowest BCUT2D eigenvalue weighted by Gasteiger charge is -2.26. The van der Waals surface area contributed by atoms with Gasteiger partial charge in [-0.15, -0.1) is 0 Å². The topological polar surface area (TPSA) is 94.3 Å². The largest absolute Gasteiger partial charge is 0.471 e. The van der Waals surface area contributed by atoms with E-state index in [1.54, 1.807) is 18.2 Å². The van der Waals surface area contributed by atoms with E-state index in [4.69, 9.17) is 14.2 Å². The summed E-state index contributed by atoms with van der Waals surface area (Å²) in [7, 11) is 0. The number of carbonyl (C=O) groups is 2. The predicted octanol–water partition coefficient (Wildman–Crippen LogP) is 2.87. The van der Waals surface area contributed by atoms with Crippen LogP contribution in [0, 0.1) is 5.82 Å². The molecule has 0 spiro atoms. The fourth-order valence-electron chi connectivity index (χ4n) is 3.68. The first kappa shape index (κ1) is 21.8. The summed E-state index contributed by atoms with van der Waals surface area (Å²) in [6.45, 7) is 4.14. The molecule has 1 atom stereocenters. The minimum Gasteiger partial charge on any atom is -0.471 e. The maximum absolute atomic E-state index is 14.9. The summed E-state index contributed by atoms with van der Waals surface area (Å²) >= 11 is 0. The summed E-state index contributed by atoms with van der Waals surface area (Å²) in [6, 6.07) is 6.32. The van der Waals surface area contributed by atoms with E-state index in [1.807, 2.05) is 6.08 Å². The molecule has 0 bridgehead atoms. The molecule has 1 unspecified atom stereocenters. The first-order valence-corrected chi connectivity index (χ1v) is 10.4. The number of halogens is 1. The van der Waals surface area contributed by atoms with Gasteiger partial charge < -0.3 is 18.7 Å². The fraction of sp³-hybridized carbons (Fsp3) is 0.409. The van der Waals surface area contributed by atoms with Crippen LogP contribution in [0.4, 0.5) is 14.9 Å². The van der Waals surface area contributed by atoms with Gasteiger partial charge in [0, 0.05) is 38.2 Å². The molecule has 2 aliphatic rings. The fourth-order valence-corrected chi connectivity index (χ4v) is 3.68. The first-order valence-electron chi connectivity index (χ1n) is 10.4. The van der Waals surface area contributed by atoms with Gasteiger partial charge in [0.25, 0.3) is 5.88 Å². The van der Waals surface area contributed by atoms with Crippen molar-refractivity contribution in [3.63, 3.8) is 0 Å². The third-order valence-corrected chi connectivity index (χ3v) is 5.32. The molecule has 0 saturated carbocycles. The number of hydrogen-bond acceptors (Lipinski definition) is 8. The Morgan fingerprint density at radius 3 is 2.91 bits per heavy atom. The molecule has 3 heterocycles. The van der Waals surface area contributed by atoms with Gasteiger partial charge in [0.1, 0.15) is 25.3 Å². The molecule has 1 saturated heterocycles. The molecule has 10 heteroatoms. The maximum Gasteiger partial charge on any atom is 0.414 e. The predicted molar refractivity (Wildman–Crippen MR) is 112 cm³/mol. The number of hydrogen-bond donors (Lipinski definition) is 0. The summed E-state index contributed by atoms with van der Waals surface area (Å²) in [5.41, 5.74) is 1.87. The Labute approximate surface area is 184 Å². The van der Waals surface area contributed by atoms with Crippen molar-refractivity contribution in [3.8, 4) is 5.88 Å². The van der Waals surface area contributed by atoms with Gasteiger partial charge in [-0.2, -0.15) is 0 Å². The molecule has 4 rings (SSSR count). The molecule has 170 valence electrons. The molecule has 1 aromatic carbocycles. The molecule has 2 aromatic rings. The normalized spacial score (nSPS) is 18.9. The van der Waals surface area contributed by atoms with E-state index in [9.17, 15) is 14.0 Å². The Hall–Kier alpha value is -3.40. The molecule has 9 nitrogen and oxygen atoms in total. The molecule has 32 heavy (non-hydrogen) atoms. The van der Waals surface area contributed by atoms with Crippen LogP contribution in [-0.2, 0) is 14.3 Å². The smallest absolute Gasteiger partial charge is 0.414 e. The minimum atomic E-state index is -0.550. The molecular formula is C22H24FN3O6. The zero-order valence-corrected chi connectivity index (χ0v) is 17.7. The zero-order chi connectivity index (χ0) is 22.5. The molecular weight excluding hydrogens is 421 g/mol.